The van der Waals surface area contributed by atoms with Crippen molar-refractivity contribution >= 4 is 17.7 Å². The highest BCUT2D eigenvalue weighted by Gasteiger charge is 2.33. The van der Waals surface area contributed by atoms with E-state index in [-0.39, 0.29) is 24.7 Å². The molecule has 8 heteroatoms. The minimum Gasteiger partial charge on any atom is -0.431 e. The van der Waals surface area contributed by atoms with Crippen LogP contribution in [0.3, 0.4) is 0 Å². The monoisotopic (exact) mass is 744 g/mol. The van der Waals surface area contributed by atoms with Gasteiger partial charge < -0.3 is 24.3 Å². The van der Waals surface area contributed by atoms with Crippen LogP contribution >= 0.6 is 11.8 Å². The first-order valence-corrected chi connectivity index (χ1v) is 19.4. The van der Waals surface area contributed by atoms with Crippen molar-refractivity contribution in [1.82, 2.24) is 10.3 Å². The molecule has 7 nitrogen and oxygen atoms in total. The molecule has 1 saturated heterocycles. The summed E-state index contributed by atoms with van der Waals surface area (Å²) < 4.78 is 19.7. The van der Waals surface area contributed by atoms with Gasteiger partial charge >= 0.3 is 0 Å². The lowest BCUT2D eigenvalue weighted by Gasteiger charge is -2.36. The molecule has 3 unspecified atom stereocenters. The van der Waals surface area contributed by atoms with Crippen LogP contribution in [0, 0.1) is 0 Å². The highest BCUT2D eigenvalue weighted by Crippen LogP contribution is 2.41. The Kier molecular flexibility index (Phi) is 11.3. The van der Waals surface area contributed by atoms with E-state index in [2.05, 4.69) is 41.7 Å². The fourth-order valence-electron chi connectivity index (χ4n) is 6.69. The number of thioether (sulfide) groups is 1. The quantitative estimate of drug-likeness (QED) is 0.120. The molecule has 1 aliphatic rings. The Morgan fingerprint density at radius 1 is 0.673 bits per heavy atom. The molecular weight excluding hydrogens is 705 g/mol. The second-order valence-electron chi connectivity index (χ2n) is 13.4. The van der Waals surface area contributed by atoms with Crippen LogP contribution in [0.2, 0.25) is 0 Å². The maximum absolute atomic E-state index is 12.6. The Balaban J connectivity index is 0.996. The predicted molar refractivity (Wildman–Crippen MR) is 216 cm³/mol. The highest BCUT2D eigenvalue weighted by atomic mass is 32.2. The molecule has 1 amide bonds. The number of ether oxygens (including phenoxy) is 2. The fourth-order valence-corrected chi connectivity index (χ4v) is 7.53. The van der Waals surface area contributed by atoms with E-state index in [0.29, 0.717) is 29.5 Å². The number of amides is 1. The second-order valence-corrected chi connectivity index (χ2v) is 14.4. The highest BCUT2D eigenvalue weighted by molar-refractivity contribution is 7.99. The second kappa shape index (κ2) is 17.1. The van der Waals surface area contributed by atoms with Gasteiger partial charge in [-0.15, -0.1) is 0 Å². The number of nitrogens with one attached hydrogen (secondary N) is 1. The molecule has 0 aliphatic carbocycles. The number of oxazole rings is 1. The smallest absolute Gasteiger partial charge is 0.256 e. The van der Waals surface area contributed by atoms with Crippen molar-refractivity contribution in [2.24, 2.45) is 0 Å². The lowest BCUT2D eigenvalue weighted by atomic mass is 9.99. The van der Waals surface area contributed by atoms with Gasteiger partial charge in [0.05, 0.1) is 18.8 Å². The molecule has 0 radical (unpaired) electrons. The minimum absolute atomic E-state index is 0.0134. The molecule has 1 fully saturated rings. The van der Waals surface area contributed by atoms with Crippen LogP contribution in [0.25, 0.3) is 33.7 Å². The maximum atomic E-state index is 12.6. The van der Waals surface area contributed by atoms with E-state index in [1.54, 1.807) is 0 Å². The summed E-state index contributed by atoms with van der Waals surface area (Å²) in [5.74, 6) is 1.25. The van der Waals surface area contributed by atoms with Crippen molar-refractivity contribution in [2.75, 3.05) is 5.75 Å². The van der Waals surface area contributed by atoms with Crippen LogP contribution in [-0.2, 0) is 22.6 Å². The molecule has 0 spiro atoms. The van der Waals surface area contributed by atoms with Crippen LogP contribution in [0.15, 0.2) is 173 Å². The van der Waals surface area contributed by atoms with Crippen LogP contribution < -0.4 is 5.32 Å². The number of aromatic nitrogens is 1. The van der Waals surface area contributed by atoms with Gasteiger partial charge in [0.2, 0.25) is 0 Å². The summed E-state index contributed by atoms with van der Waals surface area (Å²) in [6.07, 6.45) is -0.338. The van der Waals surface area contributed by atoms with E-state index in [1.165, 1.54) is 11.8 Å². The van der Waals surface area contributed by atoms with Gasteiger partial charge in [0.25, 0.3) is 11.1 Å². The molecule has 7 aromatic rings. The molecule has 6 aromatic carbocycles. The van der Waals surface area contributed by atoms with E-state index in [1.807, 2.05) is 127 Å². The first kappa shape index (κ1) is 36.2. The number of aliphatic hydroxyl groups is 1. The summed E-state index contributed by atoms with van der Waals surface area (Å²) in [7, 11) is 0. The van der Waals surface area contributed by atoms with Crippen molar-refractivity contribution in [3.8, 4) is 33.7 Å². The van der Waals surface area contributed by atoms with Crippen LogP contribution in [0.1, 0.15) is 51.4 Å². The molecule has 1 aliphatic heterocycles. The number of benzene rings is 6. The topological polar surface area (TPSA) is 93.8 Å². The van der Waals surface area contributed by atoms with Gasteiger partial charge in [0.15, 0.2) is 12.1 Å². The summed E-state index contributed by atoms with van der Waals surface area (Å²) in [6, 6.07) is 53.8. The third-order valence-corrected chi connectivity index (χ3v) is 10.6. The Hall–Kier alpha value is -5.77. The number of carbonyl (C=O) groups is 1. The van der Waals surface area contributed by atoms with E-state index >= 15 is 0 Å². The third kappa shape index (κ3) is 8.80. The molecule has 0 saturated carbocycles. The molecule has 1 aromatic heterocycles. The number of carbonyl (C=O) groups excluding carboxylic acids is 1. The summed E-state index contributed by atoms with van der Waals surface area (Å²) >= 11 is 1.54. The van der Waals surface area contributed by atoms with Gasteiger partial charge in [-0.1, -0.05) is 157 Å². The van der Waals surface area contributed by atoms with Crippen molar-refractivity contribution in [3.63, 3.8) is 0 Å². The average molecular weight is 745 g/mol. The normalized spacial score (nSPS) is 16.8. The first-order valence-electron chi connectivity index (χ1n) is 18.4. The van der Waals surface area contributed by atoms with Crippen molar-refractivity contribution in [2.45, 2.75) is 43.3 Å². The fraction of sp³-hybridized carbons (Fsp3) is 0.149. The Morgan fingerprint density at radius 3 is 2.04 bits per heavy atom. The lowest BCUT2D eigenvalue weighted by Crippen LogP contribution is -2.31. The predicted octanol–water partition coefficient (Wildman–Crippen LogP) is 10.4. The van der Waals surface area contributed by atoms with E-state index in [0.717, 1.165) is 56.0 Å². The number of aliphatic hydroxyl groups excluding tert-OH is 1. The largest absolute Gasteiger partial charge is 0.431 e. The van der Waals surface area contributed by atoms with Gasteiger partial charge in [-0.3, -0.25) is 4.79 Å². The van der Waals surface area contributed by atoms with Gasteiger partial charge in [-0.2, -0.15) is 0 Å². The van der Waals surface area contributed by atoms with Crippen LogP contribution in [0.5, 0.6) is 0 Å². The minimum atomic E-state index is -0.597. The first-order chi connectivity index (χ1) is 27.1. The van der Waals surface area contributed by atoms with Crippen molar-refractivity contribution in [3.05, 3.63) is 192 Å². The SMILES string of the molecule is O=C(NCc1cccc(-c2ccc(C3OC(CSc4nc(-c5ccccc5)c(-c5ccccc5)o4)CC(c4ccc(CO)cc4)O3)cc2)c1)c1ccccc1. The summed E-state index contributed by atoms with van der Waals surface area (Å²) in [4.78, 5) is 17.6. The van der Waals surface area contributed by atoms with Gasteiger partial charge in [0, 0.05) is 41.0 Å². The van der Waals surface area contributed by atoms with E-state index in [9.17, 15) is 9.90 Å². The van der Waals surface area contributed by atoms with Crippen molar-refractivity contribution in [1.29, 1.82) is 0 Å². The third-order valence-electron chi connectivity index (χ3n) is 9.63. The van der Waals surface area contributed by atoms with E-state index in [4.69, 9.17) is 18.9 Å². The van der Waals surface area contributed by atoms with E-state index < -0.39 is 6.29 Å². The molecule has 3 atom stereocenters. The number of hydrogen-bond donors (Lipinski definition) is 2. The molecule has 0 bridgehead atoms. The number of hydrogen-bond acceptors (Lipinski definition) is 7. The standard InChI is InChI=1S/C47H40N2O5S/c50-30-32-19-21-35(22-20-32)42-28-41(31-55-47-49-43(36-12-4-1-5-13-36)44(54-47)37-14-6-2-7-15-37)52-46(53-42)39-25-23-34(24-26-39)40-18-10-11-33(27-40)29-48-45(51)38-16-8-3-9-17-38/h1-27,41-42,46,50H,28-31H2,(H,48,51). The Bertz CT molecular complexity index is 2260. The number of rotatable bonds is 12. The Labute approximate surface area is 325 Å². The van der Waals surface area contributed by atoms with Crippen LogP contribution in [0.4, 0.5) is 0 Å². The average Bonchev–Trinajstić information content (AvgIpc) is 3.70. The number of nitrogens with zero attached hydrogens (tertiary/aromatic N) is 1. The van der Waals surface area contributed by atoms with Gasteiger partial charge in [-0.25, -0.2) is 4.98 Å². The molecule has 2 N–H and O–H groups in total. The summed E-state index contributed by atoms with van der Waals surface area (Å²) in [5.41, 5.74) is 9.32. The van der Waals surface area contributed by atoms with Crippen molar-refractivity contribution < 1.29 is 23.8 Å². The Morgan fingerprint density at radius 2 is 1.33 bits per heavy atom. The molecular formula is C47H40N2O5S. The zero-order valence-corrected chi connectivity index (χ0v) is 30.9. The van der Waals surface area contributed by atoms with Gasteiger partial charge in [-0.05, 0) is 46.0 Å². The summed E-state index contributed by atoms with van der Waals surface area (Å²) in [5, 5.41) is 13.2. The zero-order chi connectivity index (χ0) is 37.4. The molecule has 274 valence electrons. The summed E-state index contributed by atoms with van der Waals surface area (Å²) in [6.45, 7) is 0.415. The van der Waals surface area contributed by atoms with Crippen LogP contribution in [-0.4, -0.2) is 27.9 Å². The molecule has 2 heterocycles. The molecule has 55 heavy (non-hydrogen) atoms. The zero-order valence-electron chi connectivity index (χ0n) is 30.1. The maximum Gasteiger partial charge on any atom is 0.256 e. The lowest BCUT2D eigenvalue weighted by molar-refractivity contribution is -0.245. The molecule has 8 rings (SSSR count). The van der Waals surface area contributed by atoms with Gasteiger partial charge in [0.1, 0.15) is 5.69 Å².